The van der Waals surface area contributed by atoms with Crippen LogP contribution in [0.5, 0.6) is 0 Å². The molecule has 0 amide bonds. The monoisotopic (exact) mass is 569 g/mol. The summed E-state index contributed by atoms with van der Waals surface area (Å²) in [6.07, 6.45) is -7.84. The van der Waals surface area contributed by atoms with E-state index in [1.807, 2.05) is 0 Å². The average Bonchev–Trinajstić information content (AvgIpc) is 3.12. The van der Waals surface area contributed by atoms with Crippen molar-refractivity contribution < 1.29 is 137 Å². The van der Waals surface area contributed by atoms with Crippen molar-refractivity contribution in [2.45, 2.75) is 43.0 Å². The Balaban J connectivity index is 0. The Morgan fingerprint density at radius 3 is 2.28 bits per heavy atom. The number of phosphoric acid groups is 2. The third kappa shape index (κ3) is 10.7. The molecule has 18 nitrogen and oxygen atoms in total. The average molecular weight is 569 g/mol. The van der Waals surface area contributed by atoms with Gasteiger partial charge in [0.15, 0.2) is 6.29 Å². The van der Waals surface area contributed by atoms with Crippen molar-refractivity contribution in [1.29, 1.82) is 0 Å². The Morgan fingerprint density at radius 2 is 1.72 bits per heavy atom. The quantitative estimate of drug-likeness (QED) is 0.117. The minimum absolute atomic E-state index is 0. The molecule has 3 aliphatic heterocycles. The Kier molecular flexibility index (Phi) is 17.6. The van der Waals surface area contributed by atoms with Gasteiger partial charge in [0.1, 0.15) is 31.3 Å². The zero-order chi connectivity index (χ0) is 24.1. The maximum absolute atomic E-state index is 11.9. The predicted octanol–water partition coefficient (Wildman–Crippen LogP) is -18.8. The molecule has 0 aromatic heterocycles. The Labute approximate surface area is 258 Å². The van der Waals surface area contributed by atoms with Crippen LogP contribution in [0.4, 0.5) is 0 Å². The number of ether oxygens (including phenoxy) is 1. The summed E-state index contributed by atoms with van der Waals surface area (Å²) in [4.78, 5) is 47.6. The minimum atomic E-state index is -5.88. The number of nitrogens with zero attached hydrogens (tertiary/aromatic N) is 2. The number of hydrogen-bond acceptors (Lipinski definition) is 18. The second-order valence-corrected chi connectivity index (χ2v) is 12.4. The third-order valence-electron chi connectivity index (χ3n) is 4.50. The van der Waals surface area contributed by atoms with E-state index in [9.17, 15) is 39.1 Å². The first-order chi connectivity index (χ1) is 14.6. The SMILES string of the molecule is NC1N=C([O-])C2NCN([C@@H]3O[C@H](COP(=O)([O-])OP(=O)([O-])OP([O-])(O)=S)[C@@H](O)[C@H]3O)C2N1.[Li+].[Li+].[Li+].[Li+]. The maximum atomic E-state index is 11.9. The number of aliphatic hydroxyl groups is 2. The second kappa shape index (κ2) is 15.6. The molecule has 26 heteroatoms. The van der Waals surface area contributed by atoms with Crippen LogP contribution in [0.1, 0.15) is 0 Å². The van der Waals surface area contributed by atoms with Crippen LogP contribution >= 0.6 is 22.4 Å². The van der Waals surface area contributed by atoms with Crippen molar-refractivity contribution in [2.24, 2.45) is 10.7 Å². The number of aliphatic hydroxyl groups excluding tert-OH is 2. The summed E-state index contributed by atoms with van der Waals surface area (Å²) in [7, 11) is -11.6. The first-order valence-electron chi connectivity index (χ1n) is 8.59. The van der Waals surface area contributed by atoms with Crippen LogP contribution < -0.4 is 112 Å². The molecule has 0 radical (unpaired) electrons. The summed E-state index contributed by atoms with van der Waals surface area (Å²) in [6, 6.07) is -0.814. The van der Waals surface area contributed by atoms with Gasteiger partial charge in [-0.3, -0.25) is 34.8 Å². The third-order valence-corrected chi connectivity index (χ3v) is 8.80. The molecule has 10 atom stereocenters. The summed E-state index contributed by atoms with van der Waals surface area (Å²) in [5, 5.41) is 38.1. The molecule has 0 bridgehead atoms. The van der Waals surface area contributed by atoms with Crippen molar-refractivity contribution in [3.05, 3.63) is 0 Å². The molecular weight excluding hydrogens is 551 g/mol. The van der Waals surface area contributed by atoms with Crippen LogP contribution in [0, 0.1) is 0 Å². The van der Waals surface area contributed by atoms with Gasteiger partial charge >= 0.3 is 75.4 Å². The number of nitrogens with two attached hydrogens (primary N) is 1. The molecule has 186 valence electrons. The summed E-state index contributed by atoms with van der Waals surface area (Å²) < 4.78 is 39.9. The molecule has 3 aliphatic rings. The van der Waals surface area contributed by atoms with Gasteiger partial charge in [-0.25, -0.2) is 9.21 Å². The van der Waals surface area contributed by atoms with Crippen molar-refractivity contribution in [2.75, 3.05) is 13.3 Å². The van der Waals surface area contributed by atoms with Crippen LogP contribution in [0.3, 0.4) is 0 Å². The molecule has 0 spiro atoms. The van der Waals surface area contributed by atoms with E-state index in [-0.39, 0.29) is 82.1 Å². The summed E-state index contributed by atoms with van der Waals surface area (Å²) in [6.45, 7) is -6.08. The van der Waals surface area contributed by atoms with Crippen LogP contribution in [0.2, 0.25) is 0 Å². The number of fused-ring (bicyclic) bond motifs is 1. The molecule has 3 heterocycles. The molecule has 0 saturated carbocycles. The van der Waals surface area contributed by atoms with E-state index in [0.29, 0.717) is 0 Å². The Morgan fingerprint density at radius 1 is 1.14 bits per heavy atom. The summed E-state index contributed by atoms with van der Waals surface area (Å²) in [5.41, 5.74) is 5.61. The molecule has 3 rings (SSSR count). The second-order valence-electron chi connectivity index (χ2n) is 6.75. The van der Waals surface area contributed by atoms with Gasteiger partial charge in [-0.2, -0.15) is 0 Å². The van der Waals surface area contributed by atoms with Crippen molar-refractivity contribution in [1.82, 2.24) is 15.5 Å². The zero-order valence-corrected chi connectivity index (χ0v) is 23.1. The zero-order valence-electron chi connectivity index (χ0n) is 19.6. The maximum Gasteiger partial charge on any atom is 1.00 e. The molecule has 0 aliphatic carbocycles. The van der Waals surface area contributed by atoms with Gasteiger partial charge in [0, 0.05) is 0 Å². The van der Waals surface area contributed by atoms with E-state index in [4.69, 9.17) is 15.4 Å². The van der Waals surface area contributed by atoms with E-state index >= 15 is 0 Å². The van der Waals surface area contributed by atoms with Gasteiger partial charge in [-0.1, -0.05) is 11.8 Å². The van der Waals surface area contributed by atoms with E-state index in [0.717, 1.165) is 0 Å². The van der Waals surface area contributed by atoms with Crippen LogP contribution in [0.15, 0.2) is 4.99 Å². The van der Waals surface area contributed by atoms with Gasteiger partial charge in [0.25, 0.3) is 15.6 Å². The number of aliphatic imine (C=N–C) groups is 1. The summed E-state index contributed by atoms with van der Waals surface area (Å²) >= 11 is 3.80. The largest absolute Gasteiger partial charge is 1.00 e. The topological polar surface area (TPSA) is 290 Å². The number of phosphoric ester groups is 1. The number of rotatable bonds is 8. The molecule has 2 fully saturated rings. The van der Waals surface area contributed by atoms with Gasteiger partial charge in [0.05, 0.1) is 25.5 Å². The fourth-order valence-electron chi connectivity index (χ4n) is 3.29. The van der Waals surface area contributed by atoms with Gasteiger partial charge in [-0.15, -0.1) is 0 Å². The first-order valence-corrected chi connectivity index (χ1v) is 14.1. The fourth-order valence-corrected chi connectivity index (χ4v) is 6.92. The molecule has 36 heavy (non-hydrogen) atoms. The number of nitrogens with one attached hydrogen (secondary N) is 2. The van der Waals surface area contributed by atoms with Crippen LogP contribution in [-0.4, -0.2) is 82.2 Å². The van der Waals surface area contributed by atoms with Crippen LogP contribution in [-0.2, 0) is 38.8 Å². The molecule has 6 unspecified atom stereocenters. The first kappa shape index (κ1) is 40.5. The van der Waals surface area contributed by atoms with E-state index in [2.05, 4.69) is 40.6 Å². The summed E-state index contributed by atoms with van der Waals surface area (Å²) in [5.74, 6) is -0.545. The molecule has 2 saturated heterocycles. The van der Waals surface area contributed by atoms with Crippen molar-refractivity contribution in [3.8, 4) is 0 Å². The fraction of sp³-hybridized carbons (Fsp3) is 0.900. The smallest absolute Gasteiger partial charge is 0.861 e. The van der Waals surface area contributed by atoms with Gasteiger partial charge in [0.2, 0.25) is 0 Å². The Hall–Kier alpha value is 2.41. The standard InChI is InChI=1S/C10H22N5O13P3S.4Li/c11-10-13-7-4(8(18)14-10)12-2-15(7)9-6(17)5(16)3(26-9)1-25-29(19,20)27-30(21,22)28-31(23,24)32;;;;/h3-7,9-10,12-13,16-17H,1-2,11H2,(H,14,18)(H,19,20)(H,21,22)(H2,23,24,32);;;;/q;4*+1/p-4/t3-,4?,5-,6-,7?,9-,10?;;;;/m1..../s1. The normalized spacial score (nSPS) is 36.8. The minimum Gasteiger partial charge on any atom is -0.861 e. The molecule has 0 aromatic carbocycles. The molecule has 0 aromatic rings. The predicted molar refractivity (Wildman–Crippen MR) is 96.5 cm³/mol. The van der Waals surface area contributed by atoms with E-state index in [1.165, 1.54) is 4.90 Å². The van der Waals surface area contributed by atoms with E-state index < -0.39 is 77.9 Å². The van der Waals surface area contributed by atoms with Crippen LogP contribution in [0.25, 0.3) is 0 Å². The molecule has 7 N–H and O–H groups in total. The van der Waals surface area contributed by atoms with Crippen molar-refractivity contribution in [3.63, 3.8) is 0 Å². The van der Waals surface area contributed by atoms with Crippen molar-refractivity contribution >= 4 is 40.1 Å². The van der Waals surface area contributed by atoms with Gasteiger partial charge in [-0.05, 0) is 5.90 Å². The van der Waals surface area contributed by atoms with E-state index in [1.54, 1.807) is 0 Å². The van der Waals surface area contributed by atoms with Gasteiger partial charge < -0.3 is 44.2 Å². The number of hydrogen-bond donors (Lipinski definition) is 6. The molecular formula is C10H18Li4N5O13P3S. The Bertz CT molecular complexity index is 909.